The average Bonchev–Trinajstić information content (AvgIpc) is 3.29. The summed E-state index contributed by atoms with van der Waals surface area (Å²) in [5.74, 6) is -0.0961. The number of hydrogen-bond donors (Lipinski definition) is 0. The Morgan fingerprint density at radius 1 is 1.00 bits per heavy atom. The quantitative estimate of drug-likeness (QED) is 0.305. The first-order valence-electron chi connectivity index (χ1n) is 7.29. The van der Waals surface area contributed by atoms with Crippen LogP contribution in [0.25, 0.3) is 0 Å². The van der Waals surface area contributed by atoms with Crippen LogP contribution < -0.4 is 0 Å². The predicted molar refractivity (Wildman–Crippen MR) is 89.9 cm³/mol. The SMILES string of the molecule is COC(=O)[c-]1cccc1.O=C(Cc1ccccc1)[c-]1[cH-][cH-][cH-][cH-]1.[Fe]. The van der Waals surface area contributed by atoms with Crippen LogP contribution in [-0.4, -0.2) is 18.9 Å². The third-order valence-corrected chi connectivity index (χ3v) is 3.28. The van der Waals surface area contributed by atoms with Gasteiger partial charge in [-0.25, -0.2) is 12.1 Å². The van der Waals surface area contributed by atoms with Crippen molar-refractivity contribution in [1.82, 2.24) is 0 Å². The normalized spacial score (nSPS) is 9.21. The zero-order valence-corrected chi connectivity index (χ0v) is 14.4. The number of Topliss-reactive ketones (excluding diaryl/α,β-unsaturated/α-hetero) is 1. The van der Waals surface area contributed by atoms with Crippen LogP contribution in [0.1, 0.15) is 26.3 Å². The third-order valence-electron chi connectivity index (χ3n) is 3.28. The van der Waals surface area contributed by atoms with Crippen LogP contribution in [0, 0.1) is 0 Å². The van der Waals surface area contributed by atoms with E-state index in [0.717, 1.165) is 11.1 Å². The van der Waals surface area contributed by atoms with Gasteiger partial charge < -0.3 is 39.4 Å². The molecule has 3 rings (SSSR count). The topological polar surface area (TPSA) is 43.4 Å². The van der Waals surface area contributed by atoms with Crippen LogP contribution in [0.15, 0.2) is 78.9 Å². The molecule has 0 aliphatic heterocycles. The molecule has 0 aliphatic rings. The van der Waals surface area contributed by atoms with E-state index in [1.165, 1.54) is 7.11 Å². The molecule has 0 radical (unpaired) electrons. The molecule has 0 atom stereocenters. The molecule has 0 fully saturated rings. The van der Waals surface area contributed by atoms with Gasteiger partial charge in [0, 0.05) is 17.1 Å². The van der Waals surface area contributed by atoms with Gasteiger partial charge >= 0.3 is 0 Å². The van der Waals surface area contributed by atoms with E-state index < -0.39 is 0 Å². The molecular formula is C20H18FeO3-6. The van der Waals surface area contributed by atoms with Crippen LogP contribution in [0.2, 0.25) is 0 Å². The van der Waals surface area contributed by atoms with Gasteiger partial charge in [0.15, 0.2) is 0 Å². The predicted octanol–water partition coefficient (Wildman–Crippen LogP) is 4.02. The summed E-state index contributed by atoms with van der Waals surface area (Å²) in [6, 6.07) is 24.3. The second-order valence-corrected chi connectivity index (χ2v) is 4.92. The van der Waals surface area contributed by atoms with E-state index in [4.69, 9.17) is 0 Å². The summed E-state index contributed by atoms with van der Waals surface area (Å²) in [5, 5.41) is 0. The zero-order chi connectivity index (χ0) is 16.5. The van der Waals surface area contributed by atoms with Gasteiger partial charge in [0.1, 0.15) is 0 Å². The maximum Gasteiger partial charge on any atom is 0.280 e. The summed E-state index contributed by atoms with van der Waals surface area (Å²) < 4.78 is 4.46. The first kappa shape index (κ1) is 19.6. The Kier molecular flexibility index (Phi) is 8.48. The number of methoxy groups -OCH3 is 1. The van der Waals surface area contributed by atoms with Crippen molar-refractivity contribution in [3.63, 3.8) is 0 Å². The van der Waals surface area contributed by atoms with E-state index in [0.29, 0.717) is 12.0 Å². The molecule has 0 spiro atoms. The largest absolute Gasteiger partial charge is 0.718 e. The Hall–Kier alpha value is -2.42. The van der Waals surface area contributed by atoms with Crippen molar-refractivity contribution >= 4 is 11.8 Å². The monoisotopic (exact) mass is 362 g/mol. The summed E-state index contributed by atoms with van der Waals surface area (Å²) in [7, 11) is 1.37. The molecule has 0 amide bonds. The third kappa shape index (κ3) is 5.99. The molecule has 0 aromatic heterocycles. The molecule has 0 saturated carbocycles. The molecule has 0 aliphatic carbocycles. The van der Waals surface area contributed by atoms with Crippen LogP contribution in [0.3, 0.4) is 0 Å². The van der Waals surface area contributed by atoms with Crippen molar-refractivity contribution in [2.75, 3.05) is 7.11 Å². The van der Waals surface area contributed by atoms with E-state index in [-0.39, 0.29) is 28.8 Å². The minimum absolute atomic E-state index is 0. The zero-order valence-electron chi connectivity index (χ0n) is 13.3. The van der Waals surface area contributed by atoms with Crippen molar-refractivity contribution in [3.8, 4) is 0 Å². The van der Waals surface area contributed by atoms with Gasteiger partial charge in [0.2, 0.25) is 0 Å². The number of hydrogen-bond acceptors (Lipinski definition) is 3. The molecule has 0 bridgehead atoms. The Morgan fingerprint density at radius 2 is 1.58 bits per heavy atom. The van der Waals surface area contributed by atoms with Crippen molar-refractivity contribution in [3.05, 3.63) is 95.6 Å². The molecule has 24 heavy (non-hydrogen) atoms. The molecule has 0 unspecified atom stereocenters. The maximum absolute atomic E-state index is 11.7. The Morgan fingerprint density at radius 3 is 2.12 bits per heavy atom. The fourth-order valence-electron chi connectivity index (χ4n) is 2.07. The van der Waals surface area contributed by atoms with E-state index in [1.807, 2.05) is 54.6 Å². The maximum atomic E-state index is 11.7. The molecular weight excluding hydrogens is 344 g/mol. The van der Waals surface area contributed by atoms with Gasteiger partial charge in [0.05, 0.1) is 7.11 Å². The summed E-state index contributed by atoms with van der Waals surface area (Å²) in [4.78, 5) is 22.3. The molecule has 0 N–H and O–H groups in total. The van der Waals surface area contributed by atoms with Crippen molar-refractivity contribution in [1.29, 1.82) is 0 Å². The number of carbonyl (C=O) groups excluding carboxylic acids is 2. The Balaban J connectivity index is 0.000000252. The smallest absolute Gasteiger partial charge is 0.280 e. The minimum atomic E-state index is -0.278. The van der Waals surface area contributed by atoms with Gasteiger partial charge in [-0.1, -0.05) is 47.9 Å². The summed E-state index contributed by atoms with van der Waals surface area (Å²) in [6.07, 6.45) is 0.491. The number of benzene rings is 1. The van der Waals surface area contributed by atoms with Crippen LogP contribution >= 0.6 is 0 Å². The molecule has 3 aromatic carbocycles. The first-order valence-corrected chi connectivity index (χ1v) is 7.29. The molecule has 0 saturated heterocycles. The number of rotatable bonds is 4. The molecule has 3 nitrogen and oxygen atoms in total. The fourth-order valence-corrected chi connectivity index (χ4v) is 2.07. The number of ketones is 1. The molecule has 3 aromatic rings. The fraction of sp³-hybridized carbons (Fsp3) is 0.100. The standard InChI is InChI=1S/C13H11O.C7H7O2.Fe/c14-13(12-8-4-5-9-12)10-11-6-2-1-3-7-11;1-9-7(8)6-4-2-3-5-6;/h1-9H,10H2;2-5H,1H3;/q-5;-1;. The van der Waals surface area contributed by atoms with E-state index >= 15 is 0 Å². The van der Waals surface area contributed by atoms with Gasteiger partial charge in [0.25, 0.3) is 5.97 Å². The number of esters is 1. The van der Waals surface area contributed by atoms with Crippen molar-refractivity contribution in [2.45, 2.75) is 6.42 Å². The van der Waals surface area contributed by atoms with Gasteiger partial charge in [-0.2, -0.15) is 12.1 Å². The van der Waals surface area contributed by atoms with Gasteiger partial charge in [-0.3, -0.25) is 10.6 Å². The van der Waals surface area contributed by atoms with Crippen LogP contribution in [-0.2, 0) is 28.2 Å². The van der Waals surface area contributed by atoms with Crippen molar-refractivity contribution in [2.24, 2.45) is 0 Å². The number of carbonyl (C=O) groups is 2. The minimum Gasteiger partial charge on any atom is -0.718 e. The van der Waals surface area contributed by atoms with Gasteiger partial charge in [-0.05, 0) is 0 Å². The second kappa shape index (κ2) is 10.4. The van der Waals surface area contributed by atoms with Gasteiger partial charge in [-0.15, -0.1) is 0 Å². The summed E-state index contributed by atoms with van der Waals surface area (Å²) in [6.45, 7) is 0. The Bertz CT molecular complexity index is 714. The average molecular weight is 362 g/mol. The van der Waals surface area contributed by atoms with Crippen LogP contribution in [0.4, 0.5) is 0 Å². The summed E-state index contributed by atoms with van der Waals surface area (Å²) >= 11 is 0. The molecule has 0 heterocycles. The van der Waals surface area contributed by atoms with E-state index in [9.17, 15) is 9.59 Å². The summed E-state index contributed by atoms with van der Waals surface area (Å²) in [5.41, 5.74) is 2.48. The van der Waals surface area contributed by atoms with Crippen molar-refractivity contribution < 1.29 is 31.4 Å². The molecule has 130 valence electrons. The van der Waals surface area contributed by atoms with Crippen LogP contribution in [0.5, 0.6) is 0 Å². The Labute approximate surface area is 152 Å². The molecule has 4 heteroatoms. The second-order valence-electron chi connectivity index (χ2n) is 4.92. The van der Waals surface area contributed by atoms with E-state index in [2.05, 4.69) is 4.74 Å². The number of ether oxygens (including phenoxy) is 1. The first-order chi connectivity index (χ1) is 11.2. The van der Waals surface area contributed by atoms with E-state index in [1.54, 1.807) is 24.3 Å².